The number of rotatable bonds is 4. The van der Waals surface area contributed by atoms with Crippen molar-refractivity contribution in [1.29, 1.82) is 0 Å². The molecule has 1 amide bonds. The lowest BCUT2D eigenvalue weighted by atomic mass is 10.1. The zero-order valence-electron chi connectivity index (χ0n) is 15.5. The van der Waals surface area contributed by atoms with Crippen LogP contribution < -0.4 is 11.1 Å². The monoisotopic (exact) mass is 400 g/mol. The number of para-hydroxylation sites is 1. The largest absolute Gasteiger partial charge is 0.446 e. The van der Waals surface area contributed by atoms with Gasteiger partial charge in [0.15, 0.2) is 17.7 Å². The number of aryl methyl sites for hydroxylation is 1. The van der Waals surface area contributed by atoms with E-state index in [9.17, 15) is 15.0 Å². The first-order valence-electron chi connectivity index (χ1n) is 8.91. The molecule has 11 heteroatoms. The van der Waals surface area contributed by atoms with E-state index in [0.717, 1.165) is 0 Å². The number of hydrogen-bond acceptors (Lipinski definition) is 9. The van der Waals surface area contributed by atoms with Crippen LogP contribution in [0.4, 0.5) is 16.3 Å². The van der Waals surface area contributed by atoms with Crippen molar-refractivity contribution in [2.45, 2.75) is 31.5 Å². The summed E-state index contributed by atoms with van der Waals surface area (Å²) < 4.78 is 12.3. The second kappa shape index (κ2) is 7.62. The zero-order chi connectivity index (χ0) is 20.5. The summed E-state index contributed by atoms with van der Waals surface area (Å²) in [4.78, 5) is 24.4. The van der Waals surface area contributed by atoms with Crippen LogP contribution in [-0.2, 0) is 9.47 Å². The van der Waals surface area contributed by atoms with Crippen LogP contribution in [0.2, 0.25) is 0 Å². The van der Waals surface area contributed by atoms with E-state index in [1.54, 1.807) is 31.2 Å². The highest BCUT2D eigenvalue weighted by Gasteiger charge is 2.45. The van der Waals surface area contributed by atoms with Crippen molar-refractivity contribution in [3.63, 3.8) is 0 Å². The number of anilines is 2. The number of fused-ring (bicyclic) bond motifs is 1. The Balaban J connectivity index is 1.45. The number of carbonyl (C=O) groups is 1. The van der Waals surface area contributed by atoms with Crippen LogP contribution in [0.1, 0.15) is 12.1 Å². The van der Waals surface area contributed by atoms with Crippen molar-refractivity contribution in [2.24, 2.45) is 0 Å². The lowest BCUT2D eigenvalue weighted by molar-refractivity contribution is -0.0522. The highest BCUT2D eigenvalue weighted by Crippen LogP contribution is 2.32. The van der Waals surface area contributed by atoms with E-state index >= 15 is 0 Å². The van der Waals surface area contributed by atoms with Gasteiger partial charge >= 0.3 is 6.09 Å². The minimum absolute atomic E-state index is 0.205. The lowest BCUT2D eigenvalue weighted by Crippen LogP contribution is -2.34. The number of aliphatic hydroxyl groups excluding tert-OH is 2. The number of nitrogen functional groups attached to an aromatic ring is 1. The van der Waals surface area contributed by atoms with E-state index in [0.29, 0.717) is 22.7 Å². The molecule has 3 heterocycles. The van der Waals surface area contributed by atoms with E-state index in [4.69, 9.17) is 15.2 Å². The molecule has 0 radical (unpaired) electrons. The number of nitrogens with one attached hydrogen (secondary N) is 1. The molecule has 1 saturated heterocycles. The van der Waals surface area contributed by atoms with Gasteiger partial charge in [-0.1, -0.05) is 18.2 Å². The average Bonchev–Trinajstić information content (AvgIpc) is 3.23. The Hall–Kier alpha value is -3.28. The van der Waals surface area contributed by atoms with E-state index < -0.39 is 30.6 Å². The molecule has 4 atom stereocenters. The number of imidazole rings is 1. The molecule has 3 aromatic rings. The zero-order valence-corrected chi connectivity index (χ0v) is 15.5. The summed E-state index contributed by atoms with van der Waals surface area (Å²) >= 11 is 0. The Bertz CT molecular complexity index is 1030. The Morgan fingerprint density at radius 3 is 2.79 bits per heavy atom. The topological polar surface area (TPSA) is 158 Å². The van der Waals surface area contributed by atoms with Gasteiger partial charge in [0, 0.05) is 5.69 Å². The van der Waals surface area contributed by atoms with Crippen LogP contribution in [0, 0.1) is 6.92 Å². The van der Waals surface area contributed by atoms with E-state index in [-0.39, 0.29) is 12.4 Å². The highest BCUT2D eigenvalue weighted by atomic mass is 16.6. The van der Waals surface area contributed by atoms with E-state index in [2.05, 4.69) is 20.3 Å². The predicted molar refractivity (Wildman–Crippen MR) is 102 cm³/mol. The van der Waals surface area contributed by atoms with Gasteiger partial charge in [-0.05, 0) is 19.1 Å². The highest BCUT2D eigenvalue weighted by molar-refractivity contribution is 5.84. The van der Waals surface area contributed by atoms with Gasteiger partial charge in [-0.25, -0.2) is 19.7 Å². The molecule has 11 nitrogen and oxygen atoms in total. The van der Waals surface area contributed by atoms with Crippen molar-refractivity contribution < 1.29 is 24.5 Å². The molecule has 4 rings (SSSR count). The summed E-state index contributed by atoms with van der Waals surface area (Å²) in [6.07, 6.45) is -3.77. The third kappa shape index (κ3) is 3.70. The van der Waals surface area contributed by atoms with Crippen molar-refractivity contribution in [3.05, 3.63) is 42.5 Å². The molecule has 1 aliphatic heterocycles. The number of amides is 1. The fourth-order valence-corrected chi connectivity index (χ4v) is 3.17. The fourth-order valence-electron chi connectivity index (χ4n) is 3.17. The van der Waals surface area contributed by atoms with Crippen molar-refractivity contribution in [2.75, 3.05) is 17.7 Å². The van der Waals surface area contributed by atoms with Gasteiger partial charge in [-0.15, -0.1) is 0 Å². The number of hydrogen-bond donors (Lipinski definition) is 4. The first kappa shape index (κ1) is 19.1. The molecule has 1 unspecified atom stereocenters. The summed E-state index contributed by atoms with van der Waals surface area (Å²) in [6.45, 7) is 1.42. The molecule has 5 N–H and O–H groups in total. The molecule has 0 spiro atoms. The van der Waals surface area contributed by atoms with Gasteiger partial charge in [-0.2, -0.15) is 0 Å². The van der Waals surface area contributed by atoms with Crippen LogP contribution in [0.25, 0.3) is 11.2 Å². The maximum absolute atomic E-state index is 11.9. The second-order valence-corrected chi connectivity index (χ2v) is 6.62. The summed E-state index contributed by atoms with van der Waals surface area (Å²) in [5.41, 5.74) is 7.16. The smallest absolute Gasteiger partial charge is 0.411 e. The van der Waals surface area contributed by atoms with Gasteiger partial charge in [-0.3, -0.25) is 9.88 Å². The molecule has 1 aromatic carbocycles. The van der Waals surface area contributed by atoms with Gasteiger partial charge in [0.05, 0.1) is 6.33 Å². The standard InChI is InChI=1S/C18H20N6O5/c1-9-21-15(19)12-16(22-9)24(8-20-12)17-14(26)13(25)11(29-17)7-28-18(27)23-10-5-3-2-4-6-10/h2-6,8,11,13-14,17,25-26H,7H2,1H3,(H,23,27)(H2,19,21,22)/t11-,13?,14+,17-/m1/s1. The molecular weight excluding hydrogens is 380 g/mol. The Morgan fingerprint density at radius 2 is 2.03 bits per heavy atom. The summed E-state index contributed by atoms with van der Waals surface area (Å²) in [6, 6.07) is 8.78. The molecule has 1 fully saturated rings. The number of ether oxygens (including phenoxy) is 2. The Kier molecular flexibility index (Phi) is 5.01. The van der Waals surface area contributed by atoms with Crippen LogP contribution in [-0.4, -0.2) is 60.7 Å². The predicted octanol–water partition coefficient (Wildman–Crippen LogP) is 0.585. The van der Waals surface area contributed by atoms with Crippen LogP contribution in [0.3, 0.4) is 0 Å². The average molecular weight is 400 g/mol. The minimum atomic E-state index is -1.28. The maximum Gasteiger partial charge on any atom is 0.411 e. The molecule has 2 aromatic heterocycles. The van der Waals surface area contributed by atoms with E-state index in [1.807, 2.05) is 6.07 Å². The number of nitrogens with zero attached hydrogens (tertiary/aromatic N) is 4. The number of aromatic nitrogens is 4. The van der Waals surface area contributed by atoms with Crippen molar-refractivity contribution in [1.82, 2.24) is 19.5 Å². The van der Waals surface area contributed by atoms with Crippen molar-refractivity contribution in [3.8, 4) is 0 Å². The fraction of sp³-hybridized carbons (Fsp3) is 0.333. The Morgan fingerprint density at radius 1 is 1.28 bits per heavy atom. The second-order valence-electron chi connectivity index (χ2n) is 6.62. The first-order chi connectivity index (χ1) is 13.9. The summed E-state index contributed by atoms with van der Waals surface area (Å²) in [7, 11) is 0. The molecule has 29 heavy (non-hydrogen) atoms. The summed E-state index contributed by atoms with van der Waals surface area (Å²) in [5.74, 6) is 0.638. The molecular formula is C18H20N6O5. The summed E-state index contributed by atoms with van der Waals surface area (Å²) in [5, 5.41) is 23.3. The van der Waals surface area contributed by atoms with Crippen LogP contribution in [0.15, 0.2) is 36.7 Å². The lowest BCUT2D eigenvalue weighted by Gasteiger charge is -2.16. The van der Waals surface area contributed by atoms with Gasteiger partial charge in [0.1, 0.15) is 36.3 Å². The third-order valence-corrected chi connectivity index (χ3v) is 4.57. The van der Waals surface area contributed by atoms with Gasteiger partial charge < -0.3 is 25.4 Å². The molecule has 0 bridgehead atoms. The van der Waals surface area contributed by atoms with Gasteiger partial charge in [0.25, 0.3) is 0 Å². The van der Waals surface area contributed by atoms with Crippen molar-refractivity contribution >= 4 is 28.8 Å². The number of carbonyl (C=O) groups excluding carboxylic acids is 1. The number of nitrogens with two attached hydrogens (primary N) is 1. The van der Waals surface area contributed by atoms with E-state index in [1.165, 1.54) is 10.9 Å². The van der Waals surface area contributed by atoms with Gasteiger partial charge in [0.2, 0.25) is 0 Å². The molecule has 0 saturated carbocycles. The normalized spacial score (nSPS) is 24.0. The third-order valence-electron chi connectivity index (χ3n) is 4.57. The number of benzene rings is 1. The van der Waals surface area contributed by atoms with Crippen LogP contribution >= 0.6 is 0 Å². The SMILES string of the molecule is Cc1nc(N)c2ncn([C@@H]3O[C@H](COC(=O)Nc4ccccc4)C(O)[C@@H]3O)c2n1. The minimum Gasteiger partial charge on any atom is -0.446 e. The Labute approximate surface area is 165 Å². The molecule has 0 aliphatic carbocycles. The molecule has 1 aliphatic rings. The quantitative estimate of drug-likeness (QED) is 0.492. The van der Waals surface area contributed by atoms with Crippen LogP contribution in [0.5, 0.6) is 0 Å². The maximum atomic E-state index is 11.9. The number of aliphatic hydroxyl groups is 2. The molecule has 152 valence electrons. The first-order valence-corrected chi connectivity index (χ1v) is 8.91.